The third kappa shape index (κ3) is 5.29. The van der Waals surface area contributed by atoms with E-state index in [1.807, 2.05) is 6.07 Å². The molecule has 1 heterocycles. The van der Waals surface area contributed by atoms with Crippen LogP contribution in [0.1, 0.15) is 49.9 Å². The van der Waals surface area contributed by atoms with Crippen molar-refractivity contribution < 1.29 is 4.42 Å². The minimum Gasteiger partial charge on any atom is -0.455 e. The third-order valence-electron chi connectivity index (χ3n) is 13.9. The highest BCUT2D eigenvalue weighted by Crippen LogP contribution is 2.55. The summed E-state index contributed by atoms with van der Waals surface area (Å²) in [6.07, 6.45) is 0. The Morgan fingerprint density at radius 3 is 1.66 bits per heavy atom. The summed E-state index contributed by atoms with van der Waals surface area (Å²) in [5, 5.41) is 2.27. The van der Waals surface area contributed by atoms with Crippen molar-refractivity contribution in [1.29, 1.82) is 0 Å². The molecule has 0 fully saturated rings. The Kier molecular flexibility index (Phi) is 7.96. The number of para-hydroxylation sites is 4. The molecule has 0 spiro atoms. The highest BCUT2D eigenvalue weighted by atomic mass is 16.3. The first-order valence-corrected chi connectivity index (χ1v) is 21.8. The summed E-state index contributed by atoms with van der Waals surface area (Å²) < 4.78 is 6.52. The zero-order valence-corrected chi connectivity index (χ0v) is 35.4. The number of fused-ring (bicyclic) bond motifs is 9. The van der Waals surface area contributed by atoms with Crippen molar-refractivity contribution >= 4 is 39.0 Å². The van der Waals surface area contributed by atoms with E-state index in [1.54, 1.807) is 0 Å². The van der Waals surface area contributed by atoms with Crippen molar-refractivity contribution in [2.45, 2.75) is 38.5 Å². The Labute approximate surface area is 363 Å². The van der Waals surface area contributed by atoms with E-state index in [0.717, 1.165) is 50.1 Å². The van der Waals surface area contributed by atoms with Gasteiger partial charge in [-0.25, -0.2) is 0 Å². The zero-order valence-electron chi connectivity index (χ0n) is 35.4. The maximum Gasteiger partial charge on any atom is 0.143 e. The van der Waals surface area contributed by atoms with Crippen molar-refractivity contribution in [3.05, 3.63) is 222 Å². The Balaban J connectivity index is 1.06. The lowest BCUT2D eigenvalue weighted by Gasteiger charge is -2.31. The molecule has 0 radical (unpaired) electrons. The van der Waals surface area contributed by atoms with Gasteiger partial charge < -0.3 is 9.32 Å². The van der Waals surface area contributed by atoms with Crippen molar-refractivity contribution in [3.8, 4) is 55.6 Å². The van der Waals surface area contributed by atoms with Crippen LogP contribution < -0.4 is 4.90 Å². The molecule has 2 aliphatic carbocycles. The molecule has 0 atom stereocenters. The molecule has 10 aromatic rings. The summed E-state index contributed by atoms with van der Waals surface area (Å²) in [5.41, 5.74) is 22.7. The summed E-state index contributed by atoms with van der Waals surface area (Å²) >= 11 is 0. The van der Waals surface area contributed by atoms with Gasteiger partial charge in [0.15, 0.2) is 0 Å². The molecule has 2 nitrogen and oxygen atoms in total. The second-order valence-electron chi connectivity index (χ2n) is 18.0. The van der Waals surface area contributed by atoms with Gasteiger partial charge in [0.05, 0.1) is 11.4 Å². The summed E-state index contributed by atoms with van der Waals surface area (Å²) in [4.78, 5) is 2.48. The monoisotopic (exact) mass is 795 g/mol. The molecular weight excluding hydrogens is 751 g/mol. The molecule has 1 aromatic heterocycles. The molecule has 0 amide bonds. The standard InChI is InChI=1S/C60H45NO/c1-59(2)51-26-11-6-21-49(51)57-47(23-16-27-52(57)59)45-19-8-13-29-55(45)61(40-34-31-38(32-35-40)42-22-15-24-48-46-20-9-14-30-56(46)62-58(42)48)54-28-12-7-17-41(54)39-33-36-44-43-18-5-10-25-50(43)60(3,4)53(44)37-39/h5-37H,1-4H3. The molecule has 0 saturated heterocycles. The van der Waals surface area contributed by atoms with Gasteiger partial charge in [0.2, 0.25) is 0 Å². The Hall–Kier alpha value is -7.42. The summed E-state index contributed by atoms with van der Waals surface area (Å²) in [7, 11) is 0. The Morgan fingerprint density at radius 1 is 0.355 bits per heavy atom. The van der Waals surface area contributed by atoms with Crippen molar-refractivity contribution in [1.82, 2.24) is 0 Å². The number of hydrogen-bond donors (Lipinski definition) is 0. The first kappa shape index (κ1) is 36.4. The fourth-order valence-electron chi connectivity index (χ4n) is 10.8. The smallest absolute Gasteiger partial charge is 0.143 e. The van der Waals surface area contributed by atoms with Crippen LogP contribution in [-0.4, -0.2) is 0 Å². The van der Waals surface area contributed by atoms with E-state index in [4.69, 9.17) is 4.42 Å². The Bertz CT molecular complexity index is 3420. The molecule has 2 heteroatoms. The lowest BCUT2D eigenvalue weighted by Crippen LogP contribution is -2.15. The number of nitrogens with zero attached hydrogens (tertiary/aromatic N) is 1. The van der Waals surface area contributed by atoms with E-state index in [1.165, 1.54) is 66.8 Å². The topological polar surface area (TPSA) is 16.4 Å². The third-order valence-corrected chi connectivity index (χ3v) is 13.9. The van der Waals surface area contributed by atoms with Crippen LogP contribution in [0.25, 0.3) is 77.6 Å². The predicted octanol–water partition coefficient (Wildman–Crippen LogP) is 16.7. The number of benzene rings is 9. The normalized spacial score (nSPS) is 14.1. The second kappa shape index (κ2) is 13.5. The number of furan rings is 1. The average molecular weight is 796 g/mol. The minimum absolute atomic E-state index is 0.108. The predicted molar refractivity (Wildman–Crippen MR) is 260 cm³/mol. The summed E-state index contributed by atoms with van der Waals surface area (Å²) in [6.45, 7) is 9.45. The van der Waals surface area contributed by atoms with Gasteiger partial charge in [-0.15, -0.1) is 0 Å². The van der Waals surface area contributed by atoms with E-state index >= 15 is 0 Å². The van der Waals surface area contributed by atoms with Gasteiger partial charge in [0.25, 0.3) is 0 Å². The molecule has 0 bridgehead atoms. The van der Waals surface area contributed by atoms with Gasteiger partial charge in [-0.3, -0.25) is 0 Å². The Morgan fingerprint density at radius 2 is 0.871 bits per heavy atom. The van der Waals surface area contributed by atoms with Crippen LogP contribution in [0.3, 0.4) is 0 Å². The van der Waals surface area contributed by atoms with Gasteiger partial charge in [0, 0.05) is 44.0 Å². The van der Waals surface area contributed by atoms with Gasteiger partial charge in [0.1, 0.15) is 11.2 Å². The molecule has 0 saturated carbocycles. The molecule has 2 aliphatic rings. The molecule has 62 heavy (non-hydrogen) atoms. The van der Waals surface area contributed by atoms with Crippen LogP contribution in [0, 0.1) is 0 Å². The van der Waals surface area contributed by atoms with E-state index in [2.05, 4.69) is 227 Å². The van der Waals surface area contributed by atoms with Crippen molar-refractivity contribution in [2.75, 3.05) is 4.90 Å². The molecular formula is C60H45NO. The van der Waals surface area contributed by atoms with Crippen LogP contribution in [0.4, 0.5) is 17.1 Å². The van der Waals surface area contributed by atoms with E-state index < -0.39 is 0 Å². The van der Waals surface area contributed by atoms with Crippen LogP contribution >= 0.6 is 0 Å². The first-order chi connectivity index (χ1) is 30.3. The molecule has 9 aromatic carbocycles. The molecule has 0 aliphatic heterocycles. The maximum absolute atomic E-state index is 6.52. The molecule has 12 rings (SSSR count). The van der Waals surface area contributed by atoms with Crippen LogP contribution in [-0.2, 0) is 10.8 Å². The zero-order chi connectivity index (χ0) is 41.7. The van der Waals surface area contributed by atoms with E-state index in [0.29, 0.717) is 0 Å². The first-order valence-electron chi connectivity index (χ1n) is 21.8. The van der Waals surface area contributed by atoms with E-state index in [9.17, 15) is 0 Å². The number of hydrogen-bond acceptors (Lipinski definition) is 2. The second-order valence-corrected chi connectivity index (χ2v) is 18.0. The largest absolute Gasteiger partial charge is 0.455 e. The minimum atomic E-state index is -0.112. The number of rotatable bonds is 6. The lowest BCUT2D eigenvalue weighted by atomic mass is 9.81. The van der Waals surface area contributed by atoms with Crippen LogP contribution in [0.15, 0.2) is 205 Å². The van der Waals surface area contributed by atoms with Gasteiger partial charge in [-0.1, -0.05) is 191 Å². The summed E-state index contributed by atoms with van der Waals surface area (Å²) in [6, 6.07) is 73.6. The number of anilines is 3. The van der Waals surface area contributed by atoms with Gasteiger partial charge in [-0.2, -0.15) is 0 Å². The molecule has 0 N–H and O–H groups in total. The summed E-state index contributed by atoms with van der Waals surface area (Å²) in [5.74, 6) is 0. The van der Waals surface area contributed by atoms with Crippen molar-refractivity contribution in [2.24, 2.45) is 0 Å². The highest BCUT2D eigenvalue weighted by molar-refractivity contribution is 6.09. The van der Waals surface area contributed by atoms with Gasteiger partial charge in [-0.05, 0) is 97.6 Å². The maximum atomic E-state index is 6.52. The highest BCUT2D eigenvalue weighted by Gasteiger charge is 2.38. The SMILES string of the molecule is CC1(C)c2ccccc2-c2ccc(-c3ccccc3N(c3ccc(-c4cccc5c4oc4ccccc45)cc3)c3ccccc3-c3cccc4c3-c3ccccc3C4(C)C)cc21. The fraction of sp³-hybridized carbons (Fsp3) is 0.100. The fourth-order valence-corrected chi connectivity index (χ4v) is 10.8. The average Bonchev–Trinajstić information content (AvgIpc) is 3.89. The van der Waals surface area contributed by atoms with Crippen LogP contribution in [0.5, 0.6) is 0 Å². The molecule has 0 unspecified atom stereocenters. The van der Waals surface area contributed by atoms with Crippen LogP contribution in [0.2, 0.25) is 0 Å². The van der Waals surface area contributed by atoms with E-state index in [-0.39, 0.29) is 10.8 Å². The molecule has 296 valence electrons. The van der Waals surface area contributed by atoms with Crippen molar-refractivity contribution in [3.63, 3.8) is 0 Å². The lowest BCUT2D eigenvalue weighted by molar-refractivity contribution is 0.660. The quantitative estimate of drug-likeness (QED) is 0.167. The van der Waals surface area contributed by atoms with Gasteiger partial charge >= 0.3 is 0 Å².